The molecule has 1 heteroatoms. The molecule has 0 radical (unpaired) electrons. The van der Waals surface area contributed by atoms with Crippen LogP contribution in [-0.4, -0.2) is 12.2 Å². The van der Waals surface area contributed by atoms with Crippen molar-refractivity contribution >= 4 is 0 Å². The first-order chi connectivity index (χ1) is 6.54. The highest BCUT2D eigenvalue weighted by molar-refractivity contribution is 5.20. The fourth-order valence-corrected chi connectivity index (χ4v) is 1.81. The van der Waals surface area contributed by atoms with Gasteiger partial charge in [-0.3, -0.25) is 0 Å². The number of rotatable bonds is 2. The van der Waals surface area contributed by atoms with E-state index >= 15 is 0 Å². The number of benzene rings is 1. The third-order valence-corrected chi connectivity index (χ3v) is 3.19. The van der Waals surface area contributed by atoms with E-state index in [2.05, 4.69) is 51.1 Å². The zero-order chi connectivity index (χ0) is 10.2. The van der Waals surface area contributed by atoms with E-state index < -0.39 is 0 Å². The molecule has 0 bridgehead atoms. The van der Waals surface area contributed by atoms with Crippen LogP contribution in [0.4, 0.5) is 0 Å². The third-order valence-electron chi connectivity index (χ3n) is 3.19. The quantitative estimate of drug-likeness (QED) is 0.653. The average Bonchev–Trinajstić information content (AvgIpc) is 2.86. The first-order valence-electron chi connectivity index (χ1n) is 5.21. The van der Waals surface area contributed by atoms with Gasteiger partial charge in [-0.2, -0.15) is 0 Å². The summed E-state index contributed by atoms with van der Waals surface area (Å²) in [6, 6.07) is 10.6. The summed E-state index contributed by atoms with van der Waals surface area (Å²) in [6.45, 7) is 7.67. The first-order valence-corrected chi connectivity index (χ1v) is 5.21. The molecule has 2 rings (SSSR count). The largest absolute Gasteiger partial charge is 0.369 e. The van der Waals surface area contributed by atoms with E-state index in [1.165, 1.54) is 5.56 Å². The second-order valence-corrected chi connectivity index (χ2v) is 5.20. The van der Waals surface area contributed by atoms with Crippen molar-refractivity contribution in [2.75, 3.05) is 6.61 Å². The summed E-state index contributed by atoms with van der Waals surface area (Å²) in [6.07, 6.45) is 1.04. The van der Waals surface area contributed by atoms with Crippen molar-refractivity contribution in [3.05, 3.63) is 35.9 Å². The van der Waals surface area contributed by atoms with Gasteiger partial charge < -0.3 is 4.74 Å². The van der Waals surface area contributed by atoms with Gasteiger partial charge in [0, 0.05) is 6.42 Å². The smallest absolute Gasteiger partial charge is 0.100 e. The van der Waals surface area contributed by atoms with Crippen LogP contribution in [0.15, 0.2) is 30.3 Å². The SMILES string of the molecule is CC(C)(C)C1(Cc2ccccc2)CO1. The molecule has 1 aromatic carbocycles. The van der Waals surface area contributed by atoms with Crippen LogP contribution in [0, 0.1) is 5.41 Å². The van der Waals surface area contributed by atoms with E-state index in [1.807, 2.05) is 0 Å². The number of hydrogen-bond donors (Lipinski definition) is 0. The van der Waals surface area contributed by atoms with Gasteiger partial charge >= 0.3 is 0 Å². The molecule has 1 saturated heterocycles. The molecular formula is C13H18O. The molecular weight excluding hydrogens is 172 g/mol. The zero-order valence-electron chi connectivity index (χ0n) is 9.21. The van der Waals surface area contributed by atoms with E-state index in [0.29, 0.717) is 0 Å². The highest BCUT2D eigenvalue weighted by Gasteiger charge is 2.53. The standard InChI is InChI=1S/C13H18O/c1-12(2,3)13(10-14-13)9-11-7-5-4-6-8-11/h4-8H,9-10H2,1-3H3. The van der Waals surface area contributed by atoms with Gasteiger partial charge in [0.15, 0.2) is 0 Å². The van der Waals surface area contributed by atoms with Crippen LogP contribution in [0.25, 0.3) is 0 Å². The minimum Gasteiger partial charge on any atom is -0.369 e. The Morgan fingerprint density at radius 2 is 1.79 bits per heavy atom. The van der Waals surface area contributed by atoms with Crippen LogP contribution in [-0.2, 0) is 11.2 Å². The molecule has 0 spiro atoms. The molecule has 0 saturated carbocycles. The Balaban J connectivity index is 2.13. The molecule has 76 valence electrons. The molecule has 0 N–H and O–H groups in total. The van der Waals surface area contributed by atoms with Gasteiger partial charge in [-0.05, 0) is 11.0 Å². The number of ether oxygens (including phenoxy) is 1. The van der Waals surface area contributed by atoms with Crippen LogP contribution in [0.1, 0.15) is 26.3 Å². The maximum atomic E-state index is 5.66. The molecule has 0 amide bonds. The molecule has 1 aliphatic rings. The van der Waals surface area contributed by atoms with Gasteiger partial charge in [-0.25, -0.2) is 0 Å². The van der Waals surface area contributed by atoms with E-state index in [4.69, 9.17) is 4.74 Å². The highest BCUT2D eigenvalue weighted by Crippen LogP contribution is 2.46. The Morgan fingerprint density at radius 3 is 2.21 bits per heavy atom. The van der Waals surface area contributed by atoms with Crippen molar-refractivity contribution in [1.82, 2.24) is 0 Å². The van der Waals surface area contributed by atoms with Crippen LogP contribution < -0.4 is 0 Å². The van der Waals surface area contributed by atoms with E-state index in [-0.39, 0.29) is 11.0 Å². The summed E-state index contributed by atoms with van der Waals surface area (Å²) in [5.41, 5.74) is 1.71. The van der Waals surface area contributed by atoms with Gasteiger partial charge in [0.05, 0.1) is 6.61 Å². The molecule has 0 aromatic heterocycles. The molecule has 1 aromatic rings. The second-order valence-electron chi connectivity index (χ2n) is 5.20. The minimum absolute atomic E-state index is 0.0916. The van der Waals surface area contributed by atoms with Crippen molar-refractivity contribution in [2.24, 2.45) is 5.41 Å². The van der Waals surface area contributed by atoms with Crippen molar-refractivity contribution in [3.63, 3.8) is 0 Å². The molecule has 0 aliphatic carbocycles. The molecule has 1 unspecified atom stereocenters. The Kier molecular flexibility index (Phi) is 2.15. The van der Waals surface area contributed by atoms with Gasteiger partial charge in [0.25, 0.3) is 0 Å². The number of epoxide rings is 1. The van der Waals surface area contributed by atoms with Gasteiger partial charge in [-0.15, -0.1) is 0 Å². The summed E-state index contributed by atoms with van der Waals surface area (Å²) in [7, 11) is 0. The Morgan fingerprint density at radius 1 is 1.21 bits per heavy atom. The van der Waals surface area contributed by atoms with E-state index in [0.717, 1.165) is 13.0 Å². The van der Waals surface area contributed by atoms with Crippen molar-refractivity contribution in [2.45, 2.75) is 32.8 Å². The van der Waals surface area contributed by atoms with Gasteiger partial charge in [0.2, 0.25) is 0 Å². The zero-order valence-corrected chi connectivity index (χ0v) is 9.21. The summed E-state index contributed by atoms with van der Waals surface area (Å²) in [5.74, 6) is 0. The topological polar surface area (TPSA) is 12.5 Å². The van der Waals surface area contributed by atoms with Gasteiger partial charge in [0.1, 0.15) is 5.60 Å². The lowest BCUT2D eigenvalue weighted by Gasteiger charge is -2.27. The molecule has 1 nitrogen and oxygen atoms in total. The van der Waals surface area contributed by atoms with Crippen molar-refractivity contribution < 1.29 is 4.74 Å². The molecule has 1 aliphatic heterocycles. The maximum absolute atomic E-state index is 5.66. The average molecular weight is 190 g/mol. The van der Waals surface area contributed by atoms with Crippen LogP contribution in [0.5, 0.6) is 0 Å². The lowest BCUT2D eigenvalue weighted by Crippen LogP contribution is -2.32. The predicted octanol–water partition coefficient (Wildman–Crippen LogP) is 3.04. The first kappa shape index (κ1) is 9.72. The van der Waals surface area contributed by atoms with Crippen LogP contribution >= 0.6 is 0 Å². The predicted molar refractivity (Wildman–Crippen MR) is 58.3 cm³/mol. The fourth-order valence-electron chi connectivity index (χ4n) is 1.81. The van der Waals surface area contributed by atoms with Crippen molar-refractivity contribution in [1.29, 1.82) is 0 Å². The van der Waals surface area contributed by atoms with Crippen molar-refractivity contribution in [3.8, 4) is 0 Å². The second kappa shape index (κ2) is 3.09. The third kappa shape index (κ3) is 1.69. The molecule has 1 heterocycles. The Bertz CT molecular complexity index is 304. The highest BCUT2D eigenvalue weighted by atomic mass is 16.6. The molecule has 1 atom stereocenters. The summed E-state index contributed by atoms with van der Waals surface area (Å²) in [4.78, 5) is 0. The van der Waals surface area contributed by atoms with Gasteiger partial charge in [-0.1, -0.05) is 51.1 Å². The van der Waals surface area contributed by atoms with Crippen LogP contribution in [0.3, 0.4) is 0 Å². The molecule has 14 heavy (non-hydrogen) atoms. The number of hydrogen-bond acceptors (Lipinski definition) is 1. The lowest BCUT2D eigenvalue weighted by molar-refractivity contribution is 0.155. The van der Waals surface area contributed by atoms with E-state index in [1.54, 1.807) is 0 Å². The minimum atomic E-state index is 0.0916. The summed E-state index contributed by atoms with van der Waals surface area (Å²) >= 11 is 0. The summed E-state index contributed by atoms with van der Waals surface area (Å²) in [5, 5.41) is 0. The normalized spacial score (nSPS) is 26.2. The Labute approximate surface area is 86.1 Å². The van der Waals surface area contributed by atoms with Crippen LogP contribution in [0.2, 0.25) is 0 Å². The fraction of sp³-hybridized carbons (Fsp3) is 0.538. The molecule has 1 fully saturated rings. The lowest BCUT2D eigenvalue weighted by atomic mass is 9.77. The summed E-state index contributed by atoms with van der Waals surface area (Å²) < 4.78 is 5.66. The van der Waals surface area contributed by atoms with E-state index in [9.17, 15) is 0 Å². The maximum Gasteiger partial charge on any atom is 0.100 e. The Hall–Kier alpha value is -0.820. The monoisotopic (exact) mass is 190 g/mol.